The largest absolute Gasteiger partial charge is 0.376 e. The number of amides is 1. The zero-order valence-electron chi connectivity index (χ0n) is 11.2. The molecule has 0 aromatic heterocycles. The summed E-state index contributed by atoms with van der Waals surface area (Å²) in [5, 5.41) is 5.79. The second kappa shape index (κ2) is 6.52. The van der Waals surface area contributed by atoms with Gasteiger partial charge in [0.1, 0.15) is 0 Å². The number of hydrogen-bond donors (Lipinski definition) is 2. The maximum atomic E-state index is 11.8. The van der Waals surface area contributed by atoms with Crippen LogP contribution in [0.25, 0.3) is 0 Å². The predicted molar refractivity (Wildman–Crippen MR) is 80.0 cm³/mol. The van der Waals surface area contributed by atoms with Gasteiger partial charge in [0.2, 0.25) is 5.91 Å². The molecule has 0 spiro atoms. The van der Waals surface area contributed by atoms with Gasteiger partial charge in [-0.1, -0.05) is 18.2 Å². The molecule has 0 radical (unpaired) electrons. The molecule has 0 atom stereocenters. The van der Waals surface area contributed by atoms with Crippen molar-refractivity contribution >= 4 is 23.1 Å². The van der Waals surface area contributed by atoms with Crippen molar-refractivity contribution in [3.63, 3.8) is 0 Å². The van der Waals surface area contributed by atoms with E-state index in [1.54, 1.807) is 24.3 Å². The smallest absolute Gasteiger partial charge is 0.243 e. The molecule has 0 saturated carbocycles. The van der Waals surface area contributed by atoms with Gasteiger partial charge >= 0.3 is 0 Å². The van der Waals surface area contributed by atoms with Crippen LogP contribution in [0.1, 0.15) is 17.3 Å². The van der Waals surface area contributed by atoms with E-state index in [0.717, 1.165) is 5.69 Å². The van der Waals surface area contributed by atoms with Crippen LogP contribution in [0, 0.1) is 0 Å². The van der Waals surface area contributed by atoms with Crippen molar-refractivity contribution in [1.82, 2.24) is 0 Å². The van der Waals surface area contributed by atoms with E-state index >= 15 is 0 Å². The van der Waals surface area contributed by atoms with Crippen molar-refractivity contribution in [3.05, 3.63) is 60.2 Å². The Labute approximate surface area is 117 Å². The van der Waals surface area contributed by atoms with Crippen LogP contribution in [-0.2, 0) is 4.79 Å². The van der Waals surface area contributed by atoms with E-state index in [1.165, 1.54) is 6.92 Å². The van der Waals surface area contributed by atoms with E-state index in [4.69, 9.17) is 0 Å². The summed E-state index contributed by atoms with van der Waals surface area (Å²) in [6, 6.07) is 16.4. The second-order valence-electron chi connectivity index (χ2n) is 4.40. The standard InChI is InChI=1S/C16H16N2O2/c1-12(19)13-7-9-15(10-8-13)18-16(20)11-17-14-5-3-2-4-6-14/h2-10,17H,11H2,1H3,(H,18,20). The number of ketones is 1. The maximum absolute atomic E-state index is 11.8. The Morgan fingerprint density at radius 1 is 0.900 bits per heavy atom. The second-order valence-corrected chi connectivity index (χ2v) is 4.40. The molecule has 0 bridgehead atoms. The number of para-hydroxylation sites is 1. The summed E-state index contributed by atoms with van der Waals surface area (Å²) in [5.41, 5.74) is 2.20. The number of Topliss-reactive ketones (excluding diaryl/α,β-unsaturated/α-hetero) is 1. The van der Waals surface area contributed by atoms with Crippen LogP contribution in [0.5, 0.6) is 0 Å². The van der Waals surface area contributed by atoms with Crippen LogP contribution in [0.4, 0.5) is 11.4 Å². The van der Waals surface area contributed by atoms with E-state index < -0.39 is 0 Å². The van der Waals surface area contributed by atoms with Gasteiger partial charge < -0.3 is 10.6 Å². The van der Waals surface area contributed by atoms with E-state index in [0.29, 0.717) is 11.3 Å². The molecule has 0 fully saturated rings. The van der Waals surface area contributed by atoms with Crippen LogP contribution < -0.4 is 10.6 Å². The first-order valence-corrected chi connectivity index (χ1v) is 6.35. The van der Waals surface area contributed by atoms with Crippen LogP contribution >= 0.6 is 0 Å². The zero-order chi connectivity index (χ0) is 14.4. The Hall–Kier alpha value is -2.62. The van der Waals surface area contributed by atoms with E-state index in [-0.39, 0.29) is 18.2 Å². The summed E-state index contributed by atoms with van der Waals surface area (Å²) in [4.78, 5) is 22.9. The number of carbonyl (C=O) groups excluding carboxylic acids is 2. The Morgan fingerprint density at radius 3 is 2.15 bits per heavy atom. The lowest BCUT2D eigenvalue weighted by molar-refractivity contribution is -0.114. The first-order valence-electron chi connectivity index (χ1n) is 6.35. The molecular weight excluding hydrogens is 252 g/mol. The average Bonchev–Trinajstić information content (AvgIpc) is 2.47. The van der Waals surface area contributed by atoms with Gasteiger partial charge in [-0.05, 0) is 43.3 Å². The van der Waals surface area contributed by atoms with Crippen molar-refractivity contribution in [2.45, 2.75) is 6.92 Å². The summed E-state index contributed by atoms with van der Waals surface area (Å²) in [7, 11) is 0. The molecule has 0 saturated heterocycles. The van der Waals surface area contributed by atoms with Crippen molar-refractivity contribution in [3.8, 4) is 0 Å². The minimum absolute atomic E-state index is 0.00798. The lowest BCUT2D eigenvalue weighted by Crippen LogP contribution is -2.21. The van der Waals surface area contributed by atoms with Gasteiger partial charge in [0, 0.05) is 16.9 Å². The quantitative estimate of drug-likeness (QED) is 0.820. The van der Waals surface area contributed by atoms with Crippen molar-refractivity contribution < 1.29 is 9.59 Å². The number of rotatable bonds is 5. The molecular formula is C16H16N2O2. The number of carbonyl (C=O) groups is 2. The van der Waals surface area contributed by atoms with Gasteiger partial charge in [-0.3, -0.25) is 9.59 Å². The minimum Gasteiger partial charge on any atom is -0.376 e. The SMILES string of the molecule is CC(=O)c1ccc(NC(=O)CNc2ccccc2)cc1. The maximum Gasteiger partial charge on any atom is 0.243 e. The van der Waals surface area contributed by atoms with E-state index in [1.807, 2.05) is 30.3 Å². The van der Waals surface area contributed by atoms with Gasteiger partial charge in [0.15, 0.2) is 5.78 Å². The predicted octanol–water partition coefficient (Wildman–Crippen LogP) is 2.94. The molecule has 0 aliphatic rings. The Balaban J connectivity index is 1.86. The number of hydrogen-bond acceptors (Lipinski definition) is 3. The molecule has 0 heterocycles. The minimum atomic E-state index is -0.135. The fraction of sp³-hybridized carbons (Fsp3) is 0.125. The molecule has 2 N–H and O–H groups in total. The van der Waals surface area contributed by atoms with Gasteiger partial charge in [0.05, 0.1) is 6.54 Å². The number of anilines is 2. The molecule has 1 amide bonds. The third-order valence-corrected chi connectivity index (χ3v) is 2.80. The lowest BCUT2D eigenvalue weighted by atomic mass is 10.1. The van der Waals surface area contributed by atoms with Crippen LogP contribution in [0.2, 0.25) is 0 Å². The third-order valence-electron chi connectivity index (χ3n) is 2.80. The third kappa shape index (κ3) is 3.95. The highest BCUT2D eigenvalue weighted by Crippen LogP contribution is 2.10. The highest BCUT2D eigenvalue weighted by Gasteiger charge is 2.03. The van der Waals surface area contributed by atoms with E-state index in [9.17, 15) is 9.59 Å². The summed E-state index contributed by atoms with van der Waals surface area (Å²) < 4.78 is 0. The molecule has 0 aliphatic heterocycles. The summed E-state index contributed by atoms with van der Waals surface area (Å²) in [6.45, 7) is 1.70. The number of nitrogens with one attached hydrogen (secondary N) is 2. The molecule has 102 valence electrons. The molecule has 4 nitrogen and oxygen atoms in total. The number of benzene rings is 2. The van der Waals surface area contributed by atoms with E-state index in [2.05, 4.69) is 10.6 Å². The monoisotopic (exact) mass is 268 g/mol. The fourth-order valence-electron chi connectivity index (χ4n) is 1.73. The molecule has 0 aliphatic carbocycles. The summed E-state index contributed by atoms with van der Waals surface area (Å²) >= 11 is 0. The molecule has 2 rings (SSSR count). The average molecular weight is 268 g/mol. The van der Waals surface area contributed by atoms with Crippen molar-refractivity contribution in [2.24, 2.45) is 0 Å². The first kappa shape index (κ1) is 13.8. The van der Waals surface area contributed by atoms with Crippen LogP contribution in [-0.4, -0.2) is 18.2 Å². The van der Waals surface area contributed by atoms with Crippen LogP contribution in [0.15, 0.2) is 54.6 Å². The highest BCUT2D eigenvalue weighted by atomic mass is 16.2. The topological polar surface area (TPSA) is 58.2 Å². The highest BCUT2D eigenvalue weighted by molar-refractivity contribution is 5.96. The molecule has 4 heteroatoms. The fourth-order valence-corrected chi connectivity index (χ4v) is 1.73. The summed E-state index contributed by atoms with van der Waals surface area (Å²) in [6.07, 6.45) is 0. The van der Waals surface area contributed by atoms with Gasteiger partial charge in [-0.2, -0.15) is 0 Å². The summed E-state index contributed by atoms with van der Waals surface area (Å²) in [5.74, 6) is -0.127. The van der Waals surface area contributed by atoms with Crippen molar-refractivity contribution in [1.29, 1.82) is 0 Å². The van der Waals surface area contributed by atoms with Crippen molar-refractivity contribution in [2.75, 3.05) is 17.2 Å². The molecule has 20 heavy (non-hydrogen) atoms. The Morgan fingerprint density at radius 2 is 1.55 bits per heavy atom. The van der Waals surface area contributed by atoms with Crippen LogP contribution in [0.3, 0.4) is 0 Å². The Bertz CT molecular complexity index is 592. The van der Waals surface area contributed by atoms with Gasteiger partial charge in [-0.15, -0.1) is 0 Å². The Kier molecular flexibility index (Phi) is 4.50. The normalized spacial score (nSPS) is 9.85. The van der Waals surface area contributed by atoms with Gasteiger partial charge in [0.25, 0.3) is 0 Å². The van der Waals surface area contributed by atoms with Gasteiger partial charge in [-0.25, -0.2) is 0 Å². The molecule has 2 aromatic carbocycles. The first-order chi connectivity index (χ1) is 9.65. The lowest BCUT2D eigenvalue weighted by Gasteiger charge is -2.08. The molecule has 0 unspecified atom stereocenters. The molecule has 2 aromatic rings. The zero-order valence-corrected chi connectivity index (χ0v) is 11.2.